The molecule has 1 unspecified atom stereocenters. The minimum atomic E-state index is -0.845. The van der Waals surface area contributed by atoms with E-state index in [4.69, 9.17) is 23.7 Å². The standard InChI is InChI=1S/C20H24O6/c1-22-15-8-10-16(11-9-15)24-13-17-18(21)19(20(23-2)26-17)25-12-14-6-4-3-5-7-14/h3-11,17-21H,12-13H2,1-2H3/t17-,18-,19-,20?/m1/s1. The third-order valence-electron chi connectivity index (χ3n) is 4.29. The highest BCUT2D eigenvalue weighted by Gasteiger charge is 2.45. The molecule has 2 aromatic rings. The minimum absolute atomic E-state index is 0.193. The van der Waals surface area contributed by atoms with Gasteiger partial charge in [0, 0.05) is 7.11 Å². The second-order valence-electron chi connectivity index (χ2n) is 6.02. The van der Waals surface area contributed by atoms with Crippen molar-refractivity contribution in [2.24, 2.45) is 0 Å². The number of aliphatic hydroxyl groups excluding tert-OH is 1. The number of methoxy groups -OCH3 is 2. The van der Waals surface area contributed by atoms with Crippen molar-refractivity contribution in [3.05, 3.63) is 60.2 Å². The zero-order chi connectivity index (χ0) is 18.4. The Labute approximate surface area is 153 Å². The van der Waals surface area contributed by atoms with Crippen molar-refractivity contribution in [2.75, 3.05) is 20.8 Å². The molecule has 0 amide bonds. The Hall–Kier alpha value is -2.12. The van der Waals surface area contributed by atoms with Gasteiger partial charge in [0.2, 0.25) is 0 Å². The first kappa shape index (κ1) is 18.7. The summed E-state index contributed by atoms with van der Waals surface area (Å²) in [5.74, 6) is 1.42. The molecule has 0 bridgehead atoms. The second-order valence-corrected chi connectivity index (χ2v) is 6.02. The summed E-state index contributed by atoms with van der Waals surface area (Å²) in [6.07, 6.45) is -2.60. The highest BCUT2D eigenvalue weighted by atomic mass is 16.7. The van der Waals surface area contributed by atoms with E-state index in [-0.39, 0.29) is 6.61 Å². The Morgan fingerprint density at radius 2 is 1.65 bits per heavy atom. The zero-order valence-electron chi connectivity index (χ0n) is 14.9. The monoisotopic (exact) mass is 360 g/mol. The number of aliphatic hydroxyl groups is 1. The summed E-state index contributed by atoms with van der Waals surface area (Å²) < 4.78 is 27.7. The van der Waals surface area contributed by atoms with Crippen LogP contribution in [0.3, 0.4) is 0 Å². The van der Waals surface area contributed by atoms with Crippen molar-refractivity contribution >= 4 is 0 Å². The van der Waals surface area contributed by atoms with E-state index in [9.17, 15) is 5.11 Å². The van der Waals surface area contributed by atoms with E-state index in [0.717, 1.165) is 11.3 Å². The van der Waals surface area contributed by atoms with Crippen LogP contribution in [-0.2, 0) is 20.8 Å². The first-order valence-electron chi connectivity index (χ1n) is 8.50. The van der Waals surface area contributed by atoms with Gasteiger partial charge < -0.3 is 28.8 Å². The predicted octanol–water partition coefficient (Wildman–Crippen LogP) is 2.39. The Bertz CT molecular complexity index is 660. The molecule has 4 atom stereocenters. The summed E-state index contributed by atoms with van der Waals surface area (Å²) in [7, 11) is 3.14. The molecular formula is C20H24O6. The van der Waals surface area contributed by atoms with Crippen molar-refractivity contribution < 1.29 is 28.8 Å². The molecule has 1 heterocycles. The normalized spacial score (nSPS) is 25.2. The molecule has 1 aliphatic rings. The smallest absolute Gasteiger partial charge is 0.186 e. The van der Waals surface area contributed by atoms with E-state index in [1.807, 2.05) is 42.5 Å². The fourth-order valence-electron chi connectivity index (χ4n) is 2.82. The molecule has 0 spiro atoms. The van der Waals surface area contributed by atoms with Gasteiger partial charge in [-0.1, -0.05) is 30.3 Å². The van der Waals surface area contributed by atoms with Crippen LogP contribution in [0, 0.1) is 0 Å². The lowest BCUT2D eigenvalue weighted by Gasteiger charge is -2.20. The number of hydrogen-bond donors (Lipinski definition) is 1. The van der Waals surface area contributed by atoms with Crippen LogP contribution in [0.4, 0.5) is 0 Å². The van der Waals surface area contributed by atoms with Gasteiger partial charge in [-0.2, -0.15) is 0 Å². The summed E-state index contributed by atoms with van der Waals surface area (Å²) >= 11 is 0. The minimum Gasteiger partial charge on any atom is -0.497 e. The van der Waals surface area contributed by atoms with Gasteiger partial charge in [0.25, 0.3) is 0 Å². The van der Waals surface area contributed by atoms with E-state index >= 15 is 0 Å². The first-order valence-corrected chi connectivity index (χ1v) is 8.50. The fourth-order valence-corrected chi connectivity index (χ4v) is 2.82. The van der Waals surface area contributed by atoms with Crippen molar-refractivity contribution in [2.45, 2.75) is 31.2 Å². The van der Waals surface area contributed by atoms with Gasteiger partial charge in [-0.15, -0.1) is 0 Å². The quantitative estimate of drug-likeness (QED) is 0.780. The Balaban J connectivity index is 1.55. The maximum Gasteiger partial charge on any atom is 0.186 e. The predicted molar refractivity (Wildman–Crippen MR) is 95.2 cm³/mol. The summed E-state index contributed by atoms with van der Waals surface area (Å²) in [5.41, 5.74) is 1.02. The Morgan fingerprint density at radius 3 is 2.31 bits per heavy atom. The number of rotatable bonds is 8. The van der Waals surface area contributed by atoms with E-state index in [1.54, 1.807) is 19.2 Å². The maximum atomic E-state index is 10.6. The van der Waals surface area contributed by atoms with Gasteiger partial charge >= 0.3 is 0 Å². The van der Waals surface area contributed by atoms with E-state index in [1.165, 1.54) is 7.11 Å². The Kier molecular flexibility index (Phi) is 6.46. The number of hydrogen-bond acceptors (Lipinski definition) is 6. The molecule has 2 aromatic carbocycles. The topological polar surface area (TPSA) is 66.4 Å². The highest BCUT2D eigenvalue weighted by Crippen LogP contribution is 2.27. The molecule has 3 rings (SSSR count). The van der Waals surface area contributed by atoms with E-state index in [2.05, 4.69) is 0 Å². The molecular weight excluding hydrogens is 336 g/mol. The molecule has 6 heteroatoms. The number of benzene rings is 2. The zero-order valence-corrected chi connectivity index (χ0v) is 14.9. The summed E-state index contributed by atoms with van der Waals surface area (Å²) in [6.45, 7) is 0.566. The summed E-state index contributed by atoms with van der Waals surface area (Å²) in [5, 5.41) is 10.6. The van der Waals surface area contributed by atoms with Crippen LogP contribution in [0.2, 0.25) is 0 Å². The largest absolute Gasteiger partial charge is 0.497 e. The van der Waals surface area contributed by atoms with Gasteiger partial charge in [-0.25, -0.2) is 0 Å². The third-order valence-corrected chi connectivity index (χ3v) is 4.29. The van der Waals surface area contributed by atoms with E-state index < -0.39 is 24.6 Å². The van der Waals surface area contributed by atoms with Gasteiger partial charge in [0.05, 0.1) is 13.7 Å². The van der Waals surface area contributed by atoms with Crippen molar-refractivity contribution in [3.8, 4) is 11.5 Å². The van der Waals surface area contributed by atoms with Crippen molar-refractivity contribution in [1.29, 1.82) is 0 Å². The molecule has 26 heavy (non-hydrogen) atoms. The molecule has 0 radical (unpaired) electrons. The van der Waals surface area contributed by atoms with Crippen molar-refractivity contribution in [3.63, 3.8) is 0 Å². The summed E-state index contributed by atoms with van der Waals surface area (Å²) in [6, 6.07) is 17.0. The van der Waals surface area contributed by atoms with E-state index in [0.29, 0.717) is 12.4 Å². The van der Waals surface area contributed by atoms with Crippen LogP contribution >= 0.6 is 0 Å². The molecule has 0 aromatic heterocycles. The van der Waals surface area contributed by atoms with Crippen LogP contribution in [0.15, 0.2) is 54.6 Å². The SMILES string of the molecule is COc1ccc(OC[C@H]2OC(OC)[C@H](OCc3ccccc3)[C@@H]2O)cc1. The lowest BCUT2D eigenvalue weighted by Crippen LogP contribution is -2.37. The van der Waals surface area contributed by atoms with Crippen LogP contribution in [0.5, 0.6) is 11.5 Å². The summed E-state index contributed by atoms with van der Waals surface area (Å²) in [4.78, 5) is 0. The molecule has 1 aliphatic heterocycles. The van der Waals surface area contributed by atoms with Gasteiger partial charge in [0.15, 0.2) is 6.29 Å². The van der Waals surface area contributed by atoms with Crippen LogP contribution in [0.1, 0.15) is 5.56 Å². The highest BCUT2D eigenvalue weighted by molar-refractivity contribution is 5.31. The molecule has 1 N–H and O–H groups in total. The Morgan fingerprint density at radius 1 is 0.962 bits per heavy atom. The van der Waals surface area contributed by atoms with Crippen LogP contribution < -0.4 is 9.47 Å². The van der Waals surface area contributed by atoms with Crippen LogP contribution in [-0.4, -0.2) is 50.5 Å². The van der Waals surface area contributed by atoms with Gasteiger partial charge in [-0.3, -0.25) is 0 Å². The molecule has 0 aliphatic carbocycles. The number of ether oxygens (including phenoxy) is 5. The second kappa shape index (κ2) is 9.00. The molecule has 1 saturated heterocycles. The lowest BCUT2D eigenvalue weighted by molar-refractivity contribution is -0.167. The van der Waals surface area contributed by atoms with Crippen molar-refractivity contribution in [1.82, 2.24) is 0 Å². The van der Waals surface area contributed by atoms with Crippen LogP contribution in [0.25, 0.3) is 0 Å². The first-order chi connectivity index (χ1) is 12.7. The lowest BCUT2D eigenvalue weighted by atomic mass is 10.1. The molecule has 140 valence electrons. The van der Waals surface area contributed by atoms with Gasteiger partial charge in [0.1, 0.15) is 36.4 Å². The third kappa shape index (κ3) is 4.53. The van der Waals surface area contributed by atoms with Gasteiger partial charge in [-0.05, 0) is 29.8 Å². The molecule has 6 nitrogen and oxygen atoms in total. The molecule has 0 saturated carbocycles. The average molecular weight is 360 g/mol. The average Bonchev–Trinajstić information content (AvgIpc) is 3.00. The maximum absolute atomic E-state index is 10.6. The molecule has 1 fully saturated rings. The fraction of sp³-hybridized carbons (Fsp3) is 0.400.